The summed E-state index contributed by atoms with van der Waals surface area (Å²) in [6.45, 7) is 3.93. The van der Waals surface area contributed by atoms with Crippen LogP contribution < -0.4 is 15.4 Å². The quantitative estimate of drug-likeness (QED) is 0.885. The summed E-state index contributed by atoms with van der Waals surface area (Å²) in [5, 5.41) is 6.69. The van der Waals surface area contributed by atoms with Crippen molar-refractivity contribution in [2.45, 2.75) is 31.8 Å². The summed E-state index contributed by atoms with van der Waals surface area (Å²) in [7, 11) is 0. The smallest absolute Gasteiger partial charge is 0.406 e. The van der Waals surface area contributed by atoms with E-state index >= 15 is 0 Å². The van der Waals surface area contributed by atoms with Crippen molar-refractivity contribution in [2.24, 2.45) is 0 Å². The van der Waals surface area contributed by atoms with Crippen molar-refractivity contribution in [3.8, 4) is 5.75 Å². The van der Waals surface area contributed by atoms with Gasteiger partial charge in [-0.15, -0.1) is 13.2 Å². The fraction of sp³-hybridized carbons (Fsp3) is 0.538. The Morgan fingerprint density at radius 2 is 2.00 bits per heavy atom. The number of rotatable bonds is 4. The summed E-state index contributed by atoms with van der Waals surface area (Å²) < 4.78 is 39.9. The van der Waals surface area contributed by atoms with Crippen molar-refractivity contribution in [1.29, 1.82) is 0 Å². The molecule has 2 unspecified atom stereocenters. The van der Waals surface area contributed by atoms with E-state index in [-0.39, 0.29) is 11.8 Å². The van der Waals surface area contributed by atoms with E-state index in [1.54, 1.807) is 12.1 Å². The number of alkyl halides is 3. The van der Waals surface area contributed by atoms with Gasteiger partial charge in [0.05, 0.1) is 0 Å². The number of benzene rings is 1. The molecule has 2 N–H and O–H groups in total. The van der Waals surface area contributed by atoms with E-state index in [1.807, 2.05) is 6.92 Å². The molecular formula is C13H17F3N2O. The molecule has 0 spiro atoms. The molecule has 1 aromatic rings. The van der Waals surface area contributed by atoms with Crippen molar-refractivity contribution in [3.63, 3.8) is 0 Å². The van der Waals surface area contributed by atoms with Crippen LogP contribution in [-0.4, -0.2) is 25.5 Å². The molecule has 106 valence electrons. The summed E-state index contributed by atoms with van der Waals surface area (Å²) in [6.07, 6.45) is -3.57. The van der Waals surface area contributed by atoms with Crippen LogP contribution in [0.2, 0.25) is 0 Å². The molecule has 0 bridgehead atoms. The summed E-state index contributed by atoms with van der Waals surface area (Å²) in [5.74, 6) is -0.189. The predicted molar refractivity (Wildman–Crippen MR) is 66.0 cm³/mol. The zero-order valence-corrected chi connectivity index (χ0v) is 10.6. The highest BCUT2D eigenvalue weighted by Crippen LogP contribution is 2.24. The molecule has 0 radical (unpaired) electrons. The van der Waals surface area contributed by atoms with Gasteiger partial charge in [0.2, 0.25) is 0 Å². The third-order valence-electron chi connectivity index (χ3n) is 3.16. The lowest BCUT2D eigenvalue weighted by Crippen LogP contribution is -2.33. The molecule has 0 aromatic heterocycles. The van der Waals surface area contributed by atoms with Crippen LogP contribution in [0.3, 0.4) is 0 Å². The van der Waals surface area contributed by atoms with Gasteiger partial charge in [-0.3, -0.25) is 0 Å². The first-order chi connectivity index (χ1) is 8.94. The van der Waals surface area contributed by atoms with Crippen LogP contribution in [0.5, 0.6) is 5.75 Å². The number of nitrogens with one attached hydrogen (secondary N) is 2. The Hall–Kier alpha value is -1.27. The number of hydrogen-bond donors (Lipinski definition) is 2. The summed E-state index contributed by atoms with van der Waals surface area (Å²) >= 11 is 0. The first-order valence-corrected chi connectivity index (χ1v) is 6.26. The first kappa shape index (κ1) is 14.1. The van der Waals surface area contributed by atoms with Gasteiger partial charge >= 0.3 is 6.36 Å². The maximum Gasteiger partial charge on any atom is 0.573 e. The van der Waals surface area contributed by atoms with Crippen LogP contribution in [0.1, 0.15) is 24.9 Å². The lowest BCUT2D eigenvalue weighted by Gasteiger charge is -2.19. The highest BCUT2D eigenvalue weighted by molar-refractivity contribution is 5.29. The SMILES string of the molecule is CC(NC1CCNC1)c1ccc(OC(F)(F)F)cc1. The van der Waals surface area contributed by atoms with Gasteiger partial charge in [0.1, 0.15) is 5.75 Å². The van der Waals surface area contributed by atoms with Crippen LogP contribution in [0.15, 0.2) is 24.3 Å². The minimum Gasteiger partial charge on any atom is -0.406 e. The highest BCUT2D eigenvalue weighted by Gasteiger charge is 2.31. The van der Waals surface area contributed by atoms with Crippen molar-refractivity contribution < 1.29 is 17.9 Å². The molecule has 2 atom stereocenters. The van der Waals surface area contributed by atoms with E-state index in [0.717, 1.165) is 25.1 Å². The van der Waals surface area contributed by atoms with Gasteiger partial charge in [-0.05, 0) is 37.6 Å². The van der Waals surface area contributed by atoms with E-state index in [2.05, 4.69) is 15.4 Å². The van der Waals surface area contributed by atoms with E-state index in [1.165, 1.54) is 12.1 Å². The second kappa shape index (κ2) is 5.79. The van der Waals surface area contributed by atoms with Gasteiger partial charge < -0.3 is 15.4 Å². The monoisotopic (exact) mass is 274 g/mol. The van der Waals surface area contributed by atoms with E-state index in [0.29, 0.717) is 6.04 Å². The predicted octanol–water partition coefficient (Wildman–Crippen LogP) is 2.60. The fourth-order valence-corrected chi connectivity index (χ4v) is 2.20. The van der Waals surface area contributed by atoms with E-state index in [9.17, 15) is 13.2 Å². The minimum absolute atomic E-state index is 0.102. The Balaban J connectivity index is 1.93. The summed E-state index contributed by atoms with van der Waals surface area (Å²) in [6, 6.07) is 6.51. The Morgan fingerprint density at radius 3 is 2.53 bits per heavy atom. The summed E-state index contributed by atoms with van der Waals surface area (Å²) in [4.78, 5) is 0. The molecule has 1 aliphatic heterocycles. The van der Waals surface area contributed by atoms with Gasteiger partial charge in [-0.2, -0.15) is 0 Å². The van der Waals surface area contributed by atoms with Crippen molar-refractivity contribution >= 4 is 0 Å². The van der Waals surface area contributed by atoms with Gasteiger partial charge in [0.25, 0.3) is 0 Å². The van der Waals surface area contributed by atoms with Gasteiger partial charge in [-0.25, -0.2) is 0 Å². The largest absolute Gasteiger partial charge is 0.573 e. The molecule has 1 fully saturated rings. The van der Waals surface area contributed by atoms with E-state index < -0.39 is 6.36 Å². The van der Waals surface area contributed by atoms with Crippen LogP contribution in [-0.2, 0) is 0 Å². The molecule has 19 heavy (non-hydrogen) atoms. The zero-order chi connectivity index (χ0) is 13.9. The molecule has 1 aliphatic rings. The molecule has 6 heteroatoms. The van der Waals surface area contributed by atoms with Crippen LogP contribution in [0.4, 0.5) is 13.2 Å². The average Bonchev–Trinajstić information content (AvgIpc) is 2.80. The molecule has 1 saturated heterocycles. The first-order valence-electron chi connectivity index (χ1n) is 6.26. The topological polar surface area (TPSA) is 33.3 Å². The maximum atomic E-state index is 12.0. The van der Waals surface area contributed by atoms with Crippen molar-refractivity contribution in [3.05, 3.63) is 29.8 Å². The molecular weight excluding hydrogens is 257 g/mol. The number of hydrogen-bond acceptors (Lipinski definition) is 3. The third kappa shape index (κ3) is 4.40. The molecule has 0 aliphatic carbocycles. The average molecular weight is 274 g/mol. The number of ether oxygens (including phenoxy) is 1. The molecule has 0 amide bonds. The second-order valence-corrected chi connectivity index (χ2v) is 4.69. The van der Waals surface area contributed by atoms with Crippen LogP contribution >= 0.6 is 0 Å². The lowest BCUT2D eigenvalue weighted by atomic mass is 10.1. The molecule has 2 rings (SSSR count). The molecule has 0 saturated carbocycles. The normalized spacial score (nSPS) is 21.4. The second-order valence-electron chi connectivity index (χ2n) is 4.69. The van der Waals surface area contributed by atoms with Crippen molar-refractivity contribution in [1.82, 2.24) is 10.6 Å². The van der Waals surface area contributed by atoms with Crippen LogP contribution in [0.25, 0.3) is 0 Å². The van der Waals surface area contributed by atoms with Crippen LogP contribution in [0, 0.1) is 0 Å². The van der Waals surface area contributed by atoms with Gasteiger partial charge in [0, 0.05) is 18.6 Å². The Morgan fingerprint density at radius 1 is 1.32 bits per heavy atom. The molecule has 1 aromatic carbocycles. The van der Waals surface area contributed by atoms with E-state index in [4.69, 9.17) is 0 Å². The number of halogens is 3. The summed E-state index contributed by atoms with van der Waals surface area (Å²) in [5.41, 5.74) is 0.946. The Kier molecular flexibility index (Phi) is 4.31. The zero-order valence-electron chi connectivity index (χ0n) is 10.6. The molecule has 1 heterocycles. The Labute approximate surface area is 110 Å². The lowest BCUT2D eigenvalue weighted by molar-refractivity contribution is -0.274. The Bertz CT molecular complexity index is 399. The third-order valence-corrected chi connectivity index (χ3v) is 3.16. The van der Waals surface area contributed by atoms with Crippen molar-refractivity contribution in [2.75, 3.05) is 13.1 Å². The fourth-order valence-electron chi connectivity index (χ4n) is 2.20. The standard InChI is InChI=1S/C13H17F3N2O/c1-9(18-11-6-7-17-8-11)10-2-4-12(5-3-10)19-13(14,15)16/h2-5,9,11,17-18H,6-8H2,1H3. The minimum atomic E-state index is -4.64. The van der Waals surface area contributed by atoms with Gasteiger partial charge in [0.15, 0.2) is 0 Å². The highest BCUT2D eigenvalue weighted by atomic mass is 19.4. The maximum absolute atomic E-state index is 12.0. The molecule has 3 nitrogen and oxygen atoms in total. The van der Waals surface area contributed by atoms with Gasteiger partial charge in [-0.1, -0.05) is 12.1 Å².